The zero-order valence-corrected chi connectivity index (χ0v) is 22.8. The molecule has 2 aromatic carbocycles. The van der Waals surface area contributed by atoms with Crippen LogP contribution in [0.1, 0.15) is 48.6 Å². The van der Waals surface area contributed by atoms with Crippen LogP contribution in [0.25, 0.3) is 0 Å². The number of rotatable bonds is 10. The second kappa shape index (κ2) is 12.9. The van der Waals surface area contributed by atoms with E-state index in [9.17, 15) is 0 Å². The van der Waals surface area contributed by atoms with Crippen molar-refractivity contribution in [1.29, 1.82) is 0 Å². The monoisotopic (exact) mass is 511 g/mol. The number of likely N-dealkylation sites (N-methyl/N-ethyl adjacent to an activating group) is 1. The van der Waals surface area contributed by atoms with Crippen LogP contribution in [0.15, 0.2) is 48.7 Å². The van der Waals surface area contributed by atoms with E-state index in [1.54, 1.807) is 0 Å². The number of hydrogen-bond donors (Lipinski definition) is 1. The van der Waals surface area contributed by atoms with Crippen molar-refractivity contribution in [2.75, 3.05) is 43.2 Å². The van der Waals surface area contributed by atoms with Crippen LogP contribution in [0.5, 0.6) is 5.75 Å². The maximum Gasteiger partial charge on any atom is 0.229 e. The molecule has 4 rings (SSSR count). The van der Waals surface area contributed by atoms with Crippen LogP contribution in [-0.2, 0) is 4.84 Å². The average Bonchev–Trinajstić information content (AvgIpc) is 3.35. The van der Waals surface area contributed by atoms with Gasteiger partial charge in [0.05, 0.1) is 12.6 Å². The minimum atomic E-state index is 0. The molecule has 0 spiro atoms. The fourth-order valence-corrected chi connectivity index (χ4v) is 4.57. The molecule has 1 aliphatic rings. The molecule has 1 N–H and O–H groups in total. The highest BCUT2D eigenvalue weighted by Crippen LogP contribution is 2.36. The van der Waals surface area contributed by atoms with Crippen molar-refractivity contribution < 1.29 is 9.57 Å². The van der Waals surface area contributed by atoms with E-state index < -0.39 is 0 Å². The van der Waals surface area contributed by atoms with Crippen LogP contribution >= 0.6 is 12.4 Å². The quantitative estimate of drug-likeness (QED) is 0.349. The number of aromatic nitrogens is 2. The molecule has 0 amide bonds. The van der Waals surface area contributed by atoms with Gasteiger partial charge in [-0.25, -0.2) is 10.0 Å². The Morgan fingerprint density at radius 3 is 2.42 bits per heavy atom. The topological polar surface area (TPSA) is 62.8 Å². The molecule has 8 heteroatoms. The fraction of sp³-hybridized carbons (Fsp3) is 0.429. The number of aryl methyl sites for hydroxylation is 3. The summed E-state index contributed by atoms with van der Waals surface area (Å²) in [6, 6.07) is 14.7. The maximum atomic E-state index is 6.14. The highest BCUT2D eigenvalue weighted by atomic mass is 35.5. The van der Waals surface area contributed by atoms with Gasteiger partial charge in [0, 0.05) is 30.4 Å². The zero-order chi connectivity index (χ0) is 24.8. The van der Waals surface area contributed by atoms with Gasteiger partial charge in [0.15, 0.2) is 5.82 Å². The van der Waals surface area contributed by atoms with Crippen LogP contribution in [0, 0.1) is 20.8 Å². The summed E-state index contributed by atoms with van der Waals surface area (Å²) in [4.78, 5) is 17.7. The Morgan fingerprint density at radius 1 is 1.06 bits per heavy atom. The molecular weight excluding hydrogens is 474 g/mol. The van der Waals surface area contributed by atoms with Crippen LogP contribution in [0.3, 0.4) is 0 Å². The van der Waals surface area contributed by atoms with Gasteiger partial charge in [0.2, 0.25) is 5.95 Å². The SMILES string of the molecule is CCN(CC)CCOc1c(C)cc(Nc2ncc(C)c(N3OCCC3c3ccccc3)n2)cc1C.Cl. The summed E-state index contributed by atoms with van der Waals surface area (Å²) in [6.07, 6.45) is 2.77. The van der Waals surface area contributed by atoms with E-state index in [4.69, 9.17) is 14.6 Å². The van der Waals surface area contributed by atoms with E-state index in [2.05, 4.69) is 79.3 Å². The molecule has 36 heavy (non-hydrogen) atoms. The number of halogens is 1. The predicted octanol–water partition coefficient (Wildman–Crippen LogP) is 6.17. The maximum absolute atomic E-state index is 6.14. The zero-order valence-electron chi connectivity index (χ0n) is 22.0. The average molecular weight is 512 g/mol. The largest absolute Gasteiger partial charge is 0.492 e. The van der Waals surface area contributed by atoms with E-state index in [1.807, 2.05) is 24.3 Å². The third-order valence-corrected chi connectivity index (χ3v) is 6.51. The first-order valence-electron chi connectivity index (χ1n) is 12.5. The first-order valence-corrected chi connectivity index (χ1v) is 12.5. The summed E-state index contributed by atoms with van der Waals surface area (Å²) in [6.45, 7) is 14.9. The molecule has 1 fully saturated rings. The number of hydroxylamine groups is 1. The molecule has 0 saturated carbocycles. The number of nitrogens with zero attached hydrogens (tertiary/aromatic N) is 4. The summed E-state index contributed by atoms with van der Waals surface area (Å²) in [7, 11) is 0. The molecule has 1 unspecified atom stereocenters. The molecule has 0 bridgehead atoms. The van der Waals surface area contributed by atoms with Crippen molar-refractivity contribution in [3.8, 4) is 5.75 Å². The van der Waals surface area contributed by atoms with Gasteiger partial charge in [0.25, 0.3) is 0 Å². The summed E-state index contributed by atoms with van der Waals surface area (Å²) in [5.41, 5.74) is 5.31. The van der Waals surface area contributed by atoms with Crippen molar-refractivity contribution in [3.63, 3.8) is 0 Å². The van der Waals surface area contributed by atoms with Gasteiger partial charge >= 0.3 is 0 Å². The first kappa shape index (κ1) is 27.7. The normalized spacial score (nSPS) is 15.2. The third kappa shape index (κ3) is 6.46. The number of ether oxygens (including phenoxy) is 1. The lowest BCUT2D eigenvalue weighted by atomic mass is 10.0. The van der Waals surface area contributed by atoms with Crippen LogP contribution in [-0.4, -0.2) is 47.7 Å². The van der Waals surface area contributed by atoms with Gasteiger partial charge in [-0.1, -0.05) is 44.2 Å². The second-order valence-electron chi connectivity index (χ2n) is 9.01. The summed E-state index contributed by atoms with van der Waals surface area (Å²) < 4.78 is 6.14. The Labute approximate surface area is 221 Å². The number of benzene rings is 2. The van der Waals surface area contributed by atoms with Gasteiger partial charge in [-0.3, -0.25) is 4.84 Å². The molecule has 0 radical (unpaired) electrons. The molecule has 1 aliphatic heterocycles. The van der Waals surface area contributed by atoms with E-state index in [-0.39, 0.29) is 18.4 Å². The second-order valence-corrected chi connectivity index (χ2v) is 9.01. The van der Waals surface area contributed by atoms with Crippen LogP contribution in [0.2, 0.25) is 0 Å². The fourth-order valence-electron chi connectivity index (χ4n) is 4.57. The van der Waals surface area contributed by atoms with E-state index in [0.29, 0.717) is 19.2 Å². The van der Waals surface area contributed by atoms with Gasteiger partial charge in [0.1, 0.15) is 12.4 Å². The molecular formula is C28H38ClN5O2. The van der Waals surface area contributed by atoms with E-state index in [1.165, 1.54) is 5.56 Å². The molecule has 2 heterocycles. The minimum Gasteiger partial charge on any atom is -0.492 e. The predicted molar refractivity (Wildman–Crippen MR) is 149 cm³/mol. The van der Waals surface area contributed by atoms with Crippen molar-refractivity contribution in [3.05, 3.63) is 70.9 Å². The molecule has 194 valence electrons. The molecule has 1 aromatic heterocycles. The van der Waals surface area contributed by atoms with Crippen molar-refractivity contribution >= 4 is 29.9 Å². The Balaban J connectivity index is 0.00000361. The molecule has 1 saturated heterocycles. The summed E-state index contributed by atoms with van der Waals surface area (Å²) in [5.74, 6) is 2.28. The highest BCUT2D eigenvalue weighted by molar-refractivity contribution is 5.85. The highest BCUT2D eigenvalue weighted by Gasteiger charge is 2.30. The molecule has 3 aromatic rings. The standard InChI is InChI=1S/C28H37N5O2.ClH/c1-6-32(7-2)14-16-34-26-20(3)17-24(18-21(26)4)30-28-29-19-22(5)27(31-28)33-25(13-15-35-33)23-11-9-8-10-12-23;/h8-12,17-19,25H,6-7,13-16H2,1-5H3,(H,29,30,31);1H. The summed E-state index contributed by atoms with van der Waals surface area (Å²) >= 11 is 0. The molecule has 7 nitrogen and oxygen atoms in total. The van der Waals surface area contributed by atoms with E-state index in [0.717, 1.165) is 60.0 Å². The number of nitrogens with one attached hydrogen (secondary N) is 1. The molecule has 0 aliphatic carbocycles. The Bertz CT molecular complexity index is 1100. The molecule has 1 atom stereocenters. The first-order chi connectivity index (χ1) is 17.0. The van der Waals surface area contributed by atoms with Crippen molar-refractivity contribution in [2.24, 2.45) is 0 Å². The van der Waals surface area contributed by atoms with Crippen molar-refractivity contribution in [2.45, 2.75) is 47.1 Å². The van der Waals surface area contributed by atoms with Gasteiger partial charge in [-0.2, -0.15) is 4.98 Å². The Hall–Kier alpha value is -2.87. The Kier molecular flexibility index (Phi) is 9.93. The van der Waals surface area contributed by atoms with E-state index >= 15 is 0 Å². The lowest BCUT2D eigenvalue weighted by molar-refractivity contribution is 0.156. The van der Waals surface area contributed by atoms with Crippen LogP contribution in [0.4, 0.5) is 17.5 Å². The lowest BCUT2D eigenvalue weighted by Crippen LogP contribution is -2.28. The van der Waals surface area contributed by atoms with Gasteiger partial charge in [-0.15, -0.1) is 12.4 Å². The third-order valence-electron chi connectivity index (χ3n) is 6.51. The minimum absolute atomic E-state index is 0. The van der Waals surface area contributed by atoms with Gasteiger partial charge < -0.3 is 15.0 Å². The number of anilines is 3. The van der Waals surface area contributed by atoms with Gasteiger partial charge in [-0.05, 0) is 62.7 Å². The smallest absolute Gasteiger partial charge is 0.229 e. The van der Waals surface area contributed by atoms with Crippen molar-refractivity contribution in [1.82, 2.24) is 14.9 Å². The number of hydrogen-bond acceptors (Lipinski definition) is 7. The lowest BCUT2D eigenvalue weighted by Gasteiger charge is -2.25. The van der Waals surface area contributed by atoms with Crippen LogP contribution < -0.4 is 15.1 Å². The summed E-state index contributed by atoms with van der Waals surface area (Å²) in [5, 5.41) is 5.31. The Morgan fingerprint density at radius 2 is 1.75 bits per heavy atom.